The molecule has 0 fully saturated rings. The summed E-state index contributed by atoms with van der Waals surface area (Å²) in [7, 11) is 5.54. The largest absolute Gasteiger partial charge is 0.477 e. The number of carboxylic acid groups (broad SMARTS) is 1. The van der Waals surface area contributed by atoms with Crippen LogP contribution < -0.4 is 0 Å². The van der Waals surface area contributed by atoms with Crippen LogP contribution >= 0.6 is 0 Å². The zero-order chi connectivity index (χ0) is 48.4. The molecule has 66 heavy (non-hydrogen) atoms. The third kappa shape index (κ3) is 45.9. The molecule has 0 amide bonds. The molecule has 1 N–H and O–H groups in total. The average Bonchev–Trinajstić information content (AvgIpc) is 3.28. The van der Waals surface area contributed by atoms with Gasteiger partial charge in [0.15, 0.2) is 12.1 Å². The predicted octanol–water partition coefficient (Wildman–Crippen LogP) is 15.9. The molecule has 0 spiro atoms. The van der Waals surface area contributed by atoms with E-state index < -0.39 is 18.1 Å². The highest BCUT2D eigenvalue weighted by atomic mass is 16.6. The van der Waals surface area contributed by atoms with E-state index in [-0.39, 0.29) is 36.2 Å². The Bertz CT molecular complexity index is 1310. The summed E-state index contributed by atoms with van der Waals surface area (Å²) in [5, 5.41) is 9.67. The van der Waals surface area contributed by atoms with Crippen LogP contribution in [-0.2, 0) is 28.6 Å². The molecule has 0 heterocycles. The van der Waals surface area contributed by atoms with Gasteiger partial charge in [-0.25, -0.2) is 4.79 Å². The van der Waals surface area contributed by atoms with Crippen molar-refractivity contribution in [1.29, 1.82) is 0 Å². The van der Waals surface area contributed by atoms with E-state index in [0.717, 1.165) is 83.5 Å². The van der Waals surface area contributed by atoms with Crippen LogP contribution in [0.4, 0.5) is 0 Å². The lowest BCUT2D eigenvalue weighted by atomic mass is 10.0. The van der Waals surface area contributed by atoms with Crippen molar-refractivity contribution in [2.45, 2.75) is 238 Å². The fraction of sp³-hybridized carbons (Fsp3) is 0.741. The van der Waals surface area contributed by atoms with Crippen molar-refractivity contribution in [3.63, 3.8) is 0 Å². The van der Waals surface area contributed by atoms with Gasteiger partial charge in [0.1, 0.15) is 6.61 Å². The van der Waals surface area contributed by atoms with Gasteiger partial charge in [-0.3, -0.25) is 9.59 Å². The molecular formula is C58H102NO7+. The van der Waals surface area contributed by atoms with Crippen molar-refractivity contribution >= 4 is 17.9 Å². The van der Waals surface area contributed by atoms with E-state index in [1.165, 1.54) is 109 Å². The Morgan fingerprint density at radius 2 is 0.803 bits per heavy atom. The number of aliphatic carboxylic acids is 1. The average molecular weight is 925 g/mol. The van der Waals surface area contributed by atoms with Crippen LogP contribution in [0.1, 0.15) is 226 Å². The van der Waals surface area contributed by atoms with Crippen molar-refractivity contribution in [3.8, 4) is 0 Å². The standard InChI is InChI=1S/C58H101NO7/c1-6-8-10-12-14-16-18-20-22-24-26-27-28-29-31-32-34-36-38-40-42-44-46-48-56(60)65-53-54(52-64-51-50-55(58(62)63)59(3,4)5)66-57(61)49-47-45-43-41-39-37-35-33-30-25-23-21-19-17-15-13-11-9-7-2/h8-11,14-17,20-23,54-55H,6-7,12-13,18-19,24-53H2,1-5H3/p+1/b10-8+,11-9+,16-14+,17-15+,22-20+,23-21+. The molecule has 0 aromatic carbocycles. The Hall–Kier alpha value is -3.23. The predicted molar refractivity (Wildman–Crippen MR) is 280 cm³/mol. The maximum atomic E-state index is 12.8. The summed E-state index contributed by atoms with van der Waals surface area (Å²) in [5.41, 5.74) is 0. The van der Waals surface area contributed by atoms with E-state index in [1.54, 1.807) is 0 Å². The van der Waals surface area contributed by atoms with E-state index in [1.807, 2.05) is 21.1 Å². The molecule has 0 rings (SSSR count). The Kier molecular flexibility index (Phi) is 45.9. The van der Waals surface area contributed by atoms with Crippen molar-refractivity contribution in [1.82, 2.24) is 0 Å². The van der Waals surface area contributed by atoms with Gasteiger partial charge in [-0.05, 0) is 77.0 Å². The summed E-state index contributed by atoms with van der Waals surface area (Å²) in [6.45, 7) is 4.53. The maximum Gasteiger partial charge on any atom is 0.362 e. The van der Waals surface area contributed by atoms with Crippen LogP contribution in [0.3, 0.4) is 0 Å². The molecule has 380 valence electrons. The highest BCUT2D eigenvalue weighted by molar-refractivity contribution is 5.72. The number of carbonyl (C=O) groups is 3. The molecule has 0 saturated heterocycles. The Morgan fingerprint density at radius 3 is 1.18 bits per heavy atom. The minimum absolute atomic E-state index is 0.0553. The lowest BCUT2D eigenvalue weighted by molar-refractivity contribution is -0.887. The molecule has 0 aliphatic heterocycles. The van der Waals surface area contributed by atoms with Gasteiger partial charge in [0.05, 0.1) is 34.4 Å². The second-order valence-electron chi connectivity index (χ2n) is 19.1. The highest BCUT2D eigenvalue weighted by Gasteiger charge is 2.31. The van der Waals surface area contributed by atoms with Crippen LogP contribution in [-0.4, -0.2) is 80.6 Å². The molecule has 0 aromatic rings. The molecule has 0 aliphatic carbocycles. The molecule has 0 aliphatic rings. The monoisotopic (exact) mass is 925 g/mol. The fourth-order valence-corrected chi connectivity index (χ4v) is 7.77. The van der Waals surface area contributed by atoms with Gasteiger partial charge in [0.25, 0.3) is 0 Å². The number of ether oxygens (including phenoxy) is 3. The summed E-state index contributed by atoms with van der Waals surface area (Å²) < 4.78 is 17.4. The first kappa shape index (κ1) is 62.8. The first-order valence-electron chi connectivity index (χ1n) is 27.0. The van der Waals surface area contributed by atoms with Crippen LogP contribution in [0.25, 0.3) is 0 Å². The van der Waals surface area contributed by atoms with Gasteiger partial charge >= 0.3 is 17.9 Å². The summed E-state index contributed by atoms with van der Waals surface area (Å²) >= 11 is 0. The number of hydrogen-bond acceptors (Lipinski definition) is 6. The number of rotatable bonds is 48. The number of carbonyl (C=O) groups excluding carboxylic acids is 2. The second kappa shape index (κ2) is 48.2. The van der Waals surface area contributed by atoms with Crippen LogP contribution in [0.15, 0.2) is 72.9 Å². The number of quaternary nitrogens is 1. The smallest absolute Gasteiger partial charge is 0.362 e. The molecular weight excluding hydrogens is 823 g/mol. The zero-order valence-corrected chi connectivity index (χ0v) is 43.4. The van der Waals surface area contributed by atoms with Gasteiger partial charge < -0.3 is 23.8 Å². The highest BCUT2D eigenvalue weighted by Crippen LogP contribution is 2.16. The first-order valence-corrected chi connectivity index (χ1v) is 27.0. The summed E-state index contributed by atoms with van der Waals surface area (Å²) in [4.78, 5) is 37.2. The van der Waals surface area contributed by atoms with E-state index in [0.29, 0.717) is 19.3 Å². The van der Waals surface area contributed by atoms with E-state index >= 15 is 0 Å². The Balaban J connectivity index is 4.19. The van der Waals surface area contributed by atoms with Gasteiger partial charge in [-0.1, -0.05) is 202 Å². The normalized spacial score (nSPS) is 13.4. The van der Waals surface area contributed by atoms with Gasteiger partial charge in [-0.15, -0.1) is 0 Å². The van der Waals surface area contributed by atoms with Crippen molar-refractivity contribution < 1.29 is 38.2 Å². The quantitative estimate of drug-likeness (QED) is 0.0281. The van der Waals surface area contributed by atoms with Crippen molar-refractivity contribution in [2.75, 3.05) is 41.0 Å². The minimum atomic E-state index is -0.876. The topological polar surface area (TPSA) is 99.1 Å². The maximum absolute atomic E-state index is 12.8. The van der Waals surface area contributed by atoms with Crippen LogP contribution in [0.2, 0.25) is 0 Å². The molecule has 8 nitrogen and oxygen atoms in total. The number of esters is 2. The molecule has 0 radical (unpaired) electrons. The lowest BCUT2D eigenvalue weighted by Crippen LogP contribution is -2.50. The van der Waals surface area contributed by atoms with Crippen molar-refractivity contribution in [2.24, 2.45) is 0 Å². The van der Waals surface area contributed by atoms with Crippen LogP contribution in [0, 0.1) is 0 Å². The third-order valence-electron chi connectivity index (χ3n) is 11.9. The summed E-state index contributed by atoms with van der Waals surface area (Å²) in [5.74, 6) is -1.47. The molecule has 2 unspecified atom stereocenters. The SMILES string of the molecule is CC/C=C/C/C=C/C/C=C/CCCCCCCCCCCCCCCC(=O)OCC(COCCC(C(=O)O)[N+](C)(C)C)OC(=O)CCCCCCCCCCC/C=C/C/C=C/C/C=C/CC. The second-order valence-corrected chi connectivity index (χ2v) is 19.1. The third-order valence-corrected chi connectivity index (χ3v) is 11.9. The van der Waals surface area contributed by atoms with E-state index in [4.69, 9.17) is 14.2 Å². The summed E-state index contributed by atoms with van der Waals surface area (Å²) in [6.07, 6.45) is 62.4. The van der Waals surface area contributed by atoms with E-state index in [2.05, 4.69) is 86.8 Å². The van der Waals surface area contributed by atoms with Crippen LogP contribution in [0.5, 0.6) is 0 Å². The fourth-order valence-electron chi connectivity index (χ4n) is 7.77. The zero-order valence-electron chi connectivity index (χ0n) is 43.4. The molecule has 8 heteroatoms. The molecule has 0 aromatic heterocycles. The number of allylic oxidation sites excluding steroid dienone is 12. The molecule has 0 saturated carbocycles. The first-order chi connectivity index (χ1) is 32.1. The Labute approximate surface area is 406 Å². The van der Waals surface area contributed by atoms with Gasteiger partial charge in [-0.2, -0.15) is 0 Å². The Morgan fingerprint density at radius 1 is 0.455 bits per heavy atom. The molecule has 0 bridgehead atoms. The van der Waals surface area contributed by atoms with Gasteiger partial charge in [0, 0.05) is 19.3 Å². The number of nitrogens with zero attached hydrogens (tertiary/aromatic N) is 1. The number of unbranched alkanes of at least 4 members (excludes halogenated alkanes) is 22. The number of carboxylic acids is 1. The molecule has 2 atom stereocenters. The summed E-state index contributed by atoms with van der Waals surface area (Å²) in [6, 6.07) is -0.619. The number of hydrogen-bond donors (Lipinski definition) is 1. The number of likely N-dealkylation sites (N-methyl/N-ethyl adjacent to an activating group) is 1. The lowest BCUT2D eigenvalue weighted by Gasteiger charge is -2.31. The minimum Gasteiger partial charge on any atom is -0.477 e. The van der Waals surface area contributed by atoms with Crippen molar-refractivity contribution in [3.05, 3.63) is 72.9 Å². The van der Waals surface area contributed by atoms with E-state index in [9.17, 15) is 19.5 Å². The van der Waals surface area contributed by atoms with Gasteiger partial charge in [0.2, 0.25) is 0 Å².